The van der Waals surface area contributed by atoms with Gasteiger partial charge in [0.25, 0.3) is 0 Å². The van der Waals surface area contributed by atoms with Crippen LogP contribution in [0.15, 0.2) is 33.7 Å². The molecule has 0 aliphatic rings. The number of guanidine groups is 1. The summed E-state index contributed by atoms with van der Waals surface area (Å²) in [5.41, 5.74) is 1.18. The third-order valence-electron chi connectivity index (χ3n) is 3.16. The molecule has 1 rings (SSSR count). The monoisotopic (exact) mass is 547 g/mol. The Morgan fingerprint density at radius 1 is 1.32 bits per heavy atom. The number of aliphatic imine (C=N–C) groups is 1. The van der Waals surface area contributed by atoms with Crippen LogP contribution < -0.4 is 5.32 Å². The van der Waals surface area contributed by atoms with Crippen LogP contribution >= 0.6 is 39.9 Å². The van der Waals surface area contributed by atoms with Crippen LogP contribution in [0.4, 0.5) is 0 Å². The predicted molar refractivity (Wildman–Crippen MR) is 118 cm³/mol. The largest absolute Gasteiger partial charge is 0.378 e. The van der Waals surface area contributed by atoms with E-state index in [2.05, 4.69) is 32.3 Å². The molecule has 0 fully saturated rings. The Kier molecular flexibility index (Phi) is 12.7. The molecule has 0 amide bonds. The second-order valence-corrected chi connectivity index (χ2v) is 8.54. The maximum atomic E-state index is 11.0. The van der Waals surface area contributed by atoms with E-state index in [4.69, 9.17) is 4.74 Å². The van der Waals surface area contributed by atoms with Crippen LogP contribution in [0.1, 0.15) is 12.5 Å². The molecule has 0 spiro atoms. The van der Waals surface area contributed by atoms with Crippen molar-refractivity contribution in [3.8, 4) is 0 Å². The van der Waals surface area contributed by atoms with Gasteiger partial charge in [-0.15, -0.1) is 24.0 Å². The molecular weight excluding hydrogens is 521 g/mol. The molecule has 0 saturated carbocycles. The first-order valence-electron chi connectivity index (χ1n) is 7.82. The molecule has 1 aromatic rings. The van der Waals surface area contributed by atoms with E-state index < -0.39 is 9.84 Å². The predicted octanol–water partition coefficient (Wildman–Crippen LogP) is 2.53. The average Bonchev–Trinajstić information content (AvgIpc) is 2.50. The molecule has 6 nitrogen and oxygen atoms in total. The second-order valence-electron chi connectivity index (χ2n) is 5.43. The van der Waals surface area contributed by atoms with Crippen molar-refractivity contribution in [1.82, 2.24) is 10.2 Å². The molecule has 1 N–H and O–H groups in total. The van der Waals surface area contributed by atoms with Gasteiger partial charge in [-0.1, -0.05) is 34.1 Å². The van der Waals surface area contributed by atoms with Gasteiger partial charge in [-0.25, -0.2) is 8.42 Å². The van der Waals surface area contributed by atoms with Crippen molar-refractivity contribution in [1.29, 1.82) is 0 Å². The zero-order valence-electron chi connectivity index (χ0n) is 14.9. The van der Waals surface area contributed by atoms with Crippen LogP contribution in [-0.4, -0.2) is 64.6 Å². The minimum Gasteiger partial charge on any atom is -0.378 e. The molecule has 0 aromatic heterocycles. The molecule has 0 aliphatic carbocycles. The highest BCUT2D eigenvalue weighted by Gasteiger charge is 2.08. The van der Waals surface area contributed by atoms with E-state index in [9.17, 15) is 8.42 Å². The van der Waals surface area contributed by atoms with Crippen molar-refractivity contribution in [2.75, 3.05) is 45.4 Å². The molecule has 0 unspecified atom stereocenters. The zero-order chi connectivity index (χ0) is 18.0. The number of nitrogens with one attached hydrogen (secondary N) is 1. The molecule has 0 radical (unpaired) electrons. The van der Waals surface area contributed by atoms with E-state index in [-0.39, 0.29) is 36.3 Å². The third kappa shape index (κ3) is 11.0. The summed E-state index contributed by atoms with van der Waals surface area (Å²) in [7, 11) is -0.997. The fraction of sp³-hybridized carbons (Fsp3) is 0.562. The molecule has 0 saturated heterocycles. The molecular formula is C16H27BrIN3O3S. The molecule has 0 heterocycles. The fourth-order valence-corrected chi connectivity index (χ4v) is 2.79. The lowest BCUT2D eigenvalue weighted by molar-refractivity contribution is 0.157. The van der Waals surface area contributed by atoms with E-state index in [1.54, 1.807) is 0 Å². The number of rotatable bonds is 9. The van der Waals surface area contributed by atoms with Crippen LogP contribution in [0.5, 0.6) is 0 Å². The van der Waals surface area contributed by atoms with E-state index >= 15 is 0 Å². The van der Waals surface area contributed by atoms with Crippen molar-refractivity contribution < 1.29 is 13.2 Å². The zero-order valence-corrected chi connectivity index (χ0v) is 19.6. The first-order valence-corrected chi connectivity index (χ1v) is 10.7. The van der Waals surface area contributed by atoms with E-state index in [0.717, 1.165) is 23.5 Å². The molecule has 1 aromatic carbocycles. The minimum absolute atomic E-state index is 0. The van der Waals surface area contributed by atoms with Crippen LogP contribution in [-0.2, 0) is 21.1 Å². The Balaban J connectivity index is 0.00000576. The Bertz CT molecular complexity index is 641. The van der Waals surface area contributed by atoms with Crippen LogP contribution in [0.25, 0.3) is 0 Å². The maximum Gasteiger partial charge on any atom is 0.194 e. The van der Waals surface area contributed by atoms with E-state index in [1.807, 2.05) is 37.1 Å². The lowest BCUT2D eigenvalue weighted by atomic mass is 10.2. The standard InChI is InChI=1S/C16H26BrN3O3S.HI/c1-4-18-16(19-9-10-23-11-12-24(3,21)22)20(2)13-14-7-5-6-8-15(14)17;/h5-8H,4,9-13H2,1-3H3,(H,18,19);1H. The van der Waals surface area contributed by atoms with Crippen molar-refractivity contribution >= 4 is 55.7 Å². The number of halogens is 2. The lowest BCUT2D eigenvalue weighted by Crippen LogP contribution is -2.38. The van der Waals surface area contributed by atoms with Gasteiger partial charge in [-0.05, 0) is 18.6 Å². The van der Waals surface area contributed by atoms with Gasteiger partial charge in [0.05, 0.1) is 25.5 Å². The highest BCUT2D eigenvalue weighted by atomic mass is 127. The normalized spacial score (nSPS) is 11.8. The number of ether oxygens (including phenoxy) is 1. The van der Waals surface area contributed by atoms with Gasteiger partial charge < -0.3 is 15.0 Å². The van der Waals surface area contributed by atoms with Gasteiger partial charge in [-0.3, -0.25) is 4.99 Å². The third-order valence-corrected chi connectivity index (χ3v) is 4.84. The molecule has 9 heteroatoms. The number of hydrogen-bond donors (Lipinski definition) is 1. The molecule has 25 heavy (non-hydrogen) atoms. The van der Waals surface area contributed by atoms with Gasteiger partial charge in [-0.2, -0.15) is 0 Å². The van der Waals surface area contributed by atoms with E-state index in [0.29, 0.717) is 13.2 Å². The number of sulfone groups is 1. The van der Waals surface area contributed by atoms with Gasteiger partial charge in [0.2, 0.25) is 0 Å². The summed E-state index contributed by atoms with van der Waals surface area (Å²) in [5.74, 6) is 0.832. The second kappa shape index (κ2) is 12.9. The molecule has 0 aliphatic heterocycles. The average molecular weight is 548 g/mol. The molecule has 0 atom stereocenters. The van der Waals surface area contributed by atoms with Crippen LogP contribution in [0.2, 0.25) is 0 Å². The summed E-state index contributed by atoms with van der Waals surface area (Å²) < 4.78 is 28.4. The molecule has 0 bridgehead atoms. The minimum atomic E-state index is -2.97. The van der Waals surface area contributed by atoms with Crippen molar-refractivity contribution in [2.24, 2.45) is 4.99 Å². The summed E-state index contributed by atoms with van der Waals surface area (Å²) >= 11 is 3.55. The van der Waals surface area contributed by atoms with Crippen LogP contribution in [0.3, 0.4) is 0 Å². The van der Waals surface area contributed by atoms with Crippen LogP contribution in [0, 0.1) is 0 Å². The SMILES string of the molecule is CCNC(=NCCOCCS(C)(=O)=O)N(C)Cc1ccccc1Br.I. The summed E-state index contributed by atoms with van der Waals surface area (Å²) in [6.07, 6.45) is 1.20. The fourth-order valence-electron chi connectivity index (χ4n) is 1.96. The Morgan fingerprint density at radius 2 is 2.00 bits per heavy atom. The summed E-state index contributed by atoms with van der Waals surface area (Å²) in [5, 5.41) is 3.25. The smallest absolute Gasteiger partial charge is 0.194 e. The Morgan fingerprint density at radius 3 is 2.60 bits per heavy atom. The lowest BCUT2D eigenvalue weighted by Gasteiger charge is -2.22. The first-order chi connectivity index (χ1) is 11.3. The number of nitrogens with zero attached hydrogens (tertiary/aromatic N) is 2. The number of benzene rings is 1. The van der Waals surface area contributed by atoms with Gasteiger partial charge in [0.1, 0.15) is 9.84 Å². The Labute approximate surface area is 176 Å². The van der Waals surface area contributed by atoms with Gasteiger partial charge in [0, 0.05) is 30.9 Å². The van der Waals surface area contributed by atoms with Crippen molar-refractivity contribution in [3.05, 3.63) is 34.3 Å². The number of hydrogen-bond acceptors (Lipinski definition) is 4. The quantitative estimate of drug-likeness (QED) is 0.223. The van der Waals surface area contributed by atoms with Crippen molar-refractivity contribution in [2.45, 2.75) is 13.5 Å². The summed E-state index contributed by atoms with van der Waals surface area (Å²) in [6, 6.07) is 8.08. The highest BCUT2D eigenvalue weighted by Crippen LogP contribution is 2.17. The van der Waals surface area contributed by atoms with Gasteiger partial charge in [0.15, 0.2) is 5.96 Å². The molecule has 144 valence electrons. The maximum absolute atomic E-state index is 11.0. The highest BCUT2D eigenvalue weighted by molar-refractivity contribution is 14.0. The summed E-state index contributed by atoms with van der Waals surface area (Å²) in [4.78, 5) is 6.56. The van der Waals surface area contributed by atoms with Gasteiger partial charge >= 0.3 is 0 Å². The van der Waals surface area contributed by atoms with Crippen molar-refractivity contribution in [3.63, 3.8) is 0 Å². The van der Waals surface area contributed by atoms with E-state index in [1.165, 1.54) is 11.8 Å². The Hall–Kier alpha value is -0.390. The first kappa shape index (κ1) is 24.6. The topological polar surface area (TPSA) is 71.0 Å². The summed E-state index contributed by atoms with van der Waals surface area (Å²) in [6.45, 7) is 4.60.